The summed E-state index contributed by atoms with van der Waals surface area (Å²) < 4.78 is 28.4. The average Bonchev–Trinajstić information content (AvgIpc) is 3.38. The summed E-state index contributed by atoms with van der Waals surface area (Å²) in [5, 5.41) is 15.7. The molecule has 0 aliphatic rings. The van der Waals surface area contributed by atoms with Crippen LogP contribution in [0.2, 0.25) is 0 Å². The zero-order chi connectivity index (χ0) is 27.5. The standard InChI is InChI=1S/C28H22F2N8O/c1-15(17-4-6-20(29)7-5-17)38-28(39)21-8-16(10-31)11-33-26(21)34-12-19-3-2-18(9-23(19)30)22-13-35-27-24(22)25(32)36-14-37-27/h2-9,11,13-15H,12H2,1H3,(H,33,34)(H,38,39)(H3,32,35,36,37)/t15-/m0/s1. The Balaban J connectivity index is 1.35. The van der Waals surface area contributed by atoms with Gasteiger partial charge in [0, 0.05) is 30.1 Å². The van der Waals surface area contributed by atoms with Crippen LogP contribution < -0.4 is 16.4 Å². The highest BCUT2D eigenvalue weighted by atomic mass is 19.1. The van der Waals surface area contributed by atoms with Crippen LogP contribution in [-0.2, 0) is 6.54 Å². The summed E-state index contributed by atoms with van der Waals surface area (Å²) in [6, 6.07) is 13.5. The van der Waals surface area contributed by atoms with E-state index in [1.807, 2.05) is 6.07 Å². The Morgan fingerprint density at radius 2 is 1.92 bits per heavy atom. The number of hydrogen-bond donors (Lipinski definition) is 4. The number of carbonyl (C=O) groups excluding carboxylic acids is 1. The number of aromatic amines is 1. The fourth-order valence-corrected chi connectivity index (χ4v) is 4.20. The third-order valence-corrected chi connectivity index (χ3v) is 6.29. The third-order valence-electron chi connectivity index (χ3n) is 6.29. The molecule has 194 valence electrons. The zero-order valence-electron chi connectivity index (χ0n) is 20.7. The number of pyridine rings is 1. The topological polar surface area (TPSA) is 145 Å². The van der Waals surface area contributed by atoms with Crippen LogP contribution >= 0.6 is 0 Å². The maximum Gasteiger partial charge on any atom is 0.255 e. The van der Waals surface area contributed by atoms with Gasteiger partial charge in [-0.2, -0.15) is 5.26 Å². The minimum absolute atomic E-state index is 0.0257. The Morgan fingerprint density at radius 3 is 2.67 bits per heavy atom. The maximum absolute atomic E-state index is 15.1. The van der Waals surface area contributed by atoms with Gasteiger partial charge in [-0.3, -0.25) is 4.79 Å². The molecule has 0 saturated carbocycles. The first-order valence-corrected chi connectivity index (χ1v) is 11.9. The van der Waals surface area contributed by atoms with E-state index in [0.717, 1.165) is 0 Å². The minimum atomic E-state index is -0.492. The molecular weight excluding hydrogens is 502 g/mol. The number of rotatable bonds is 7. The SMILES string of the molecule is C[C@H](NC(=O)c1cc(C#N)cnc1NCc1ccc(-c2c[nH]c3ncnc(N)c23)cc1F)c1ccc(F)cc1. The van der Waals surface area contributed by atoms with E-state index >= 15 is 4.39 Å². The first kappa shape index (κ1) is 25.3. The number of carbonyl (C=O) groups is 1. The van der Waals surface area contributed by atoms with E-state index in [0.29, 0.717) is 33.3 Å². The Morgan fingerprint density at radius 1 is 1.13 bits per heavy atom. The highest BCUT2D eigenvalue weighted by Crippen LogP contribution is 2.31. The number of nitrogens with one attached hydrogen (secondary N) is 3. The lowest BCUT2D eigenvalue weighted by Crippen LogP contribution is -2.28. The molecular formula is C28H22F2N8O. The predicted octanol–water partition coefficient (Wildman–Crippen LogP) is 4.86. The number of benzene rings is 2. The van der Waals surface area contributed by atoms with Crippen molar-refractivity contribution < 1.29 is 13.6 Å². The molecule has 0 radical (unpaired) electrons. The van der Waals surface area contributed by atoms with Gasteiger partial charge in [0.2, 0.25) is 0 Å². The number of amides is 1. The summed E-state index contributed by atoms with van der Waals surface area (Å²) in [4.78, 5) is 28.5. The lowest BCUT2D eigenvalue weighted by molar-refractivity contribution is 0.0940. The number of nitrogens with zero attached hydrogens (tertiary/aromatic N) is 4. The molecule has 5 rings (SSSR count). The molecule has 0 bridgehead atoms. The molecule has 1 atom stereocenters. The van der Waals surface area contributed by atoms with Crippen LogP contribution in [0.15, 0.2) is 67.3 Å². The summed E-state index contributed by atoms with van der Waals surface area (Å²) >= 11 is 0. The van der Waals surface area contributed by atoms with Crippen molar-refractivity contribution in [3.8, 4) is 17.2 Å². The number of halogens is 2. The highest BCUT2D eigenvalue weighted by molar-refractivity contribution is 6.00. The molecule has 3 aromatic heterocycles. The fourth-order valence-electron chi connectivity index (χ4n) is 4.20. The fraction of sp³-hybridized carbons (Fsp3) is 0.107. The van der Waals surface area contributed by atoms with Crippen molar-refractivity contribution in [1.29, 1.82) is 5.26 Å². The van der Waals surface area contributed by atoms with Gasteiger partial charge in [0.25, 0.3) is 5.91 Å². The quantitative estimate of drug-likeness (QED) is 0.238. The second kappa shape index (κ2) is 10.5. The van der Waals surface area contributed by atoms with Gasteiger partial charge in [-0.05, 0) is 42.3 Å². The van der Waals surface area contributed by atoms with Crippen molar-refractivity contribution in [1.82, 2.24) is 25.3 Å². The summed E-state index contributed by atoms with van der Waals surface area (Å²) in [7, 11) is 0. The van der Waals surface area contributed by atoms with Crippen molar-refractivity contribution in [2.75, 3.05) is 11.1 Å². The summed E-state index contributed by atoms with van der Waals surface area (Å²) in [5.41, 5.74) is 9.16. The van der Waals surface area contributed by atoms with E-state index in [2.05, 4.69) is 30.6 Å². The van der Waals surface area contributed by atoms with Crippen LogP contribution in [-0.4, -0.2) is 25.8 Å². The van der Waals surface area contributed by atoms with Crippen molar-refractivity contribution in [2.45, 2.75) is 19.5 Å². The molecule has 39 heavy (non-hydrogen) atoms. The van der Waals surface area contributed by atoms with Crippen LogP contribution in [0.25, 0.3) is 22.2 Å². The van der Waals surface area contributed by atoms with Crippen molar-refractivity contribution >= 4 is 28.6 Å². The Bertz CT molecular complexity index is 1730. The normalized spacial score (nSPS) is 11.6. The van der Waals surface area contributed by atoms with Crippen LogP contribution in [0.5, 0.6) is 0 Å². The Kier molecular flexibility index (Phi) is 6.84. The maximum atomic E-state index is 15.1. The van der Waals surface area contributed by atoms with Gasteiger partial charge in [0.1, 0.15) is 41.3 Å². The number of fused-ring (bicyclic) bond motifs is 1. The molecule has 0 aliphatic heterocycles. The van der Waals surface area contributed by atoms with Gasteiger partial charge < -0.3 is 21.4 Å². The van der Waals surface area contributed by atoms with E-state index in [4.69, 9.17) is 5.73 Å². The second-order valence-corrected chi connectivity index (χ2v) is 8.82. The van der Waals surface area contributed by atoms with Gasteiger partial charge in [-0.1, -0.05) is 24.3 Å². The minimum Gasteiger partial charge on any atom is -0.383 e. The van der Waals surface area contributed by atoms with Crippen LogP contribution in [0.1, 0.15) is 40.0 Å². The van der Waals surface area contributed by atoms with E-state index in [1.54, 1.807) is 37.4 Å². The largest absolute Gasteiger partial charge is 0.383 e. The molecule has 2 aromatic carbocycles. The summed E-state index contributed by atoms with van der Waals surface area (Å²) in [6.07, 6.45) is 4.37. The number of nitriles is 1. The molecule has 0 spiro atoms. The van der Waals surface area contributed by atoms with E-state index in [9.17, 15) is 14.4 Å². The molecule has 9 nitrogen and oxygen atoms in total. The van der Waals surface area contributed by atoms with Gasteiger partial charge in [0.15, 0.2) is 0 Å². The molecule has 5 aromatic rings. The number of H-pyrrole nitrogens is 1. The number of nitrogen functional groups attached to an aromatic ring is 1. The monoisotopic (exact) mass is 524 g/mol. The first-order valence-electron chi connectivity index (χ1n) is 11.9. The van der Waals surface area contributed by atoms with Gasteiger partial charge in [-0.25, -0.2) is 23.7 Å². The summed E-state index contributed by atoms with van der Waals surface area (Å²) in [5.74, 6) is -0.880. The number of hydrogen-bond acceptors (Lipinski definition) is 7. The van der Waals surface area contributed by atoms with Crippen molar-refractivity contribution in [3.05, 3.63) is 101 Å². The van der Waals surface area contributed by atoms with Gasteiger partial charge in [0.05, 0.1) is 22.6 Å². The van der Waals surface area contributed by atoms with Crippen molar-refractivity contribution in [3.63, 3.8) is 0 Å². The van der Waals surface area contributed by atoms with Gasteiger partial charge in [-0.15, -0.1) is 0 Å². The van der Waals surface area contributed by atoms with E-state index in [1.165, 1.54) is 36.8 Å². The number of aromatic nitrogens is 4. The Labute approximate surface area is 221 Å². The smallest absolute Gasteiger partial charge is 0.255 e. The van der Waals surface area contributed by atoms with Crippen LogP contribution in [0.3, 0.4) is 0 Å². The summed E-state index contributed by atoms with van der Waals surface area (Å²) in [6.45, 7) is 1.78. The second-order valence-electron chi connectivity index (χ2n) is 8.82. The van der Waals surface area contributed by atoms with E-state index < -0.39 is 17.8 Å². The number of anilines is 2. The third kappa shape index (κ3) is 5.21. The van der Waals surface area contributed by atoms with Crippen molar-refractivity contribution in [2.24, 2.45) is 0 Å². The molecule has 0 aliphatic carbocycles. The highest BCUT2D eigenvalue weighted by Gasteiger charge is 2.18. The van der Waals surface area contributed by atoms with Crippen LogP contribution in [0, 0.1) is 23.0 Å². The average molecular weight is 525 g/mol. The molecule has 0 saturated heterocycles. The Hall–Kier alpha value is -5.37. The molecule has 3 heterocycles. The first-order chi connectivity index (χ1) is 18.8. The zero-order valence-corrected chi connectivity index (χ0v) is 20.7. The number of nitrogens with two attached hydrogens (primary N) is 1. The van der Waals surface area contributed by atoms with Gasteiger partial charge >= 0.3 is 0 Å². The lowest BCUT2D eigenvalue weighted by atomic mass is 10.0. The molecule has 11 heteroatoms. The molecule has 5 N–H and O–H groups in total. The molecule has 0 fully saturated rings. The molecule has 0 unspecified atom stereocenters. The lowest BCUT2D eigenvalue weighted by Gasteiger charge is -2.17. The van der Waals surface area contributed by atoms with E-state index in [-0.39, 0.29) is 35.1 Å². The predicted molar refractivity (Wildman–Crippen MR) is 142 cm³/mol. The molecule has 1 amide bonds. The van der Waals surface area contributed by atoms with Crippen LogP contribution in [0.4, 0.5) is 20.4 Å².